The van der Waals surface area contributed by atoms with E-state index in [2.05, 4.69) is 15.3 Å². The average Bonchev–Trinajstić information content (AvgIpc) is 3.08. The second-order valence-corrected chi connectivity index (χ2v) is 7.78. The summed E-state index contributed by atoms with van der Waals surface area (Å²) in [7, 11) is 0. The first-order valence-electron chi connectivity index (χ1n) is 10.3. The average molecular weight is 450 g/mol. The zero-order valence-corrected chi connectivity index (χ0v) is 17.9. The van der Waals surface area contributed by atoms with Crippen LogP contribution in [-0.2, 0) is 13.0 Å². The number of hydrogen-bond acceptors (Lipinski definition) is 5. The van der Waals surface area contributed by atoms with Crippen LogP contribution >= 0.6 is 0 Å². The number of pyridine rings is 2. The van der Waals surface area contributed by atoms with Gasteiger partial charge in [0.25, 0.3) is 11.8 Å². The van der Waals surface area contributed by atoms with Gasteiger partial charge in [0.05, 0.1) is 6.04 Å². The van der Waals surface area contributed by atoms with E-state index in [0.29, 0.717) is 40.9 Å². The van der Waals surface area contributed by atoms with Crippen molar-refractivity contribution in [2.75, 3.05) is 13.2 Å². The molecule has 2 aromatic heterocycles. The van der Waals surface area contributed by atoms with Gasteiger partial charge in [-0.3, -0.25) is 19.6 Å². The number of nitrogens with one attached hydrogen (secondary N) is 1. The fraction of sp³-hybridized carbons (Fsp3) is 0.455. The predicted molar refractivity (Wildman–Crippen MR) is 110 cm³/mol. The minimum Gasteiger partial charge on any atom is -0.396 e. The molecule has 0 fully saturated rings. The predicted octanol–water partition coefficient (Wildman–Crippen LogP) is 3.11. The van der Waals surface area contributed by atoms with Gasteiger partial charge >= 0.3 is 6.18 Å². The number of aromatic nitrogens is 2. The molecule has 0 bridgehead atoms. The Balaban J connectivity index is 1.77. The van der Waals surface area contributed by atoms with E-state index in [4.69, 9.17) is 5.11 Å². The highest BCUT2D eigenvalue weighted by molar-refractivity contribution is 6.03. The standard InChI is InChI=1S/C22H25F3N4O3/c1-13-10-15(11-28-18(13)4-6-22(23,24)25)14(2)29-12-17-16(21(29)32)5-8-26-19(17)20(31)27-7-3-9-30/h5,8,10-11,14,30H,3-4,6-7,9,12H2,1-2H3,(H,27,31). The van der Waals surface area contributed by atoms with E-state index >= 15 is 0 Å². The molecule has 2 N–H and O–H groups in total. The summed E-state index contributed by atoms with van der Waals surface area (Å²) in [6, 6.07) is 2.92. The first-order valence-corrected chi connectivity index (χ1v) is 10.3. The van der Waals surface area contributed by atoms with Gasteiger partial charge in [0.2, 0.25) is 0 Å². The molecule has 3 rings (SSSR count). The van der Waals surface area contributed by atoms with Gasteiger partial charge in [0.15, 0.2) is 0 Å². The molecule has 0 aliphatic carbocycles. The number of nitrogens with zero attached hydrogens (tertiary/aromatic N) is 3. The number of aliphatic hydroxyl groups excluding tert-OH is 1. The Bertz CT molecular complexity index is 1010. The number of rotatable bonds is 8. The van der Waals surface area contributed by atoms with E-state index in [1.165, 1.54) is 12.4 Å². The summed E-state index contributed by atoms with van der Waals surface area (Å²) in [4.78, 5) is 35.4. The Labute approximate surface area is 183 Å². The lowest BCUT2D eigenvalue weighted by Crippen LogP contribution is -2.28. The quantitative estimate of drug-likeness (QED) is 0.603. The molecule has 1 atom stereocenters. The topological polar surface area (TPSA) is 95.4 Å². The van der Waals surface area contributed by atoms with Crippen LogP contribution in [0.1, 0.15) is 69.0 Å². The highest BCUT2D eigenvalue weighted by atomic mass is 19.4. The van der Waals surface area contributed by atoms with Crippen LogP contribution in [0.2, 0.25) is 0 Å². The van der Waals surface area contributed by atoms with Gasteiger partial charge in [-0.25, -0.2) is 0 Å². The first kappa shape index (κ1) is 23.6. The number of hydrogen-bond donors (Lipinski definition) is 2. The van der Waals surface area contributed by atoms with Crippen molar-refractivity contribution in [3.63, 3.8) is 0 Å². The zero-order valence-electron chi connectivity index (χ0n) is 17.9. The normalized spacial score (nSPS) is 14.4. The third kappa shape index (κ3) is 5.24. The fourth-order valence-corrected chi connectivity index (χ4v) is 3.68. The molecule has 0 saturated carbocycles. The van der Waals surface area contributed by atoms with Crippen molar-refractivity contribution >= 4 is 11.8 Å². The number of halogens is 3. The van der Waals surface area contributed by atoms with Gasteiger partial charge in [-0.15, -0.1) is 0 Å². The van der Waals surface area contributed by atoms with Crippen LogP contribution in [0.5, 0.6) is 0 Å². The van der Waals surface area contributed by atoms with Crippen LogP contribution in [-0.4, -0.2) is 51.1 Å². The molecule has 2 amide bonds. The number of fused-ring (bicyclic) bond motifs is 1. The molecule has 1 aliphatic heterocycles. The largest absolute Gasteiger partial charge is 0.396 e. The van der Waals surface area contributed by atoms with Crippen molar-refractivity contribution in [1.82, 2.24) is 20.2 Å². The third-order valence-corrected chi connectivity index (χ3v) is 5.51. The van der Waals surface area contributed by atoms with E-state index in [0.717, 1.165) is 0 Å². The lowest BCUT2D eigenvalue weighted by Gasteiger charge is -2.25. The summed E-state index contributed by atoms with van der Waals surface area (Å²) >= 11 is 0. The van der Waals surface area contributed by atoms with Gasteiger partial charge in [0, 0.05) is 55.3 Å². The summed E-state index contributed by atoms with van der Waals surface area (Å²) < 4.78 is 37.6. The van der Waals surface area contributed by atoms with Gasteiger partial charge in [0.1, 0.15) is 5.69 Å². The fourth-order valence-electron chi connectivity index (χ4n) is 3.68. The minimum atomic E-state index is -4.25. The van der Waals surface area contributed by atoms with E-state index in [1.54, 1.807) is 24.0 Å². The molecule has 0 aromatic carbocycles. The highest BCUT2D eigenvalue weighted by Gasteiger charge is 2.35. The smallest absolute Gasteiger partial charge is 0.389 e. The molecule has 172 valence electrons. The number of aryl methyl sites for hydroxylation is 2. The Hall–Kier alpha value is -3.01. The van der Waals surface area contributed by atoms with Crippen LogP contribution in [0, 0.1) is 6.92 Å². The van der Waals surface area contributed by atoms with Crippen molar-refractivity contribution in [3.8, 4) is 0 Å². The molecule has 7 nitrogen and oxygen atoms in total. The molecule has 10 heteroatoms. The van der Waals surface area contributed by atoms with Crippen LogP contribution in [0.3, 0.4) is 0 Å². The molecule has 3 heterocycles. The van der Waals surface area contributed by atoms with Crippen molar-refractivity contribution in [2.24, 2.45) is 0 Å². The van der Waals surface area contributed by atoms with Crippen LogP contribution in [0.15, 0.2) is 24.5 Å². The number of carbonyl (C=O) groups is 2. The van der Waals surface area contributed by atoms with Gasteiger partial charge < -0.3 is 15.3 Å². The summed E-state index contributed by atoms with van der Waals surface area (Å²) in [5.41, 5.74) is 2.79. The molecular formula is C22H25F3N4O3. The molecule has 0 radical (unpaired) electrons. The van der Waals surface area contributed by atoms with Crippen molar-refractivity contribution in [2.45, 2.75) is 51.9 Å². The maximum atomic E-state index is 13.0. The minimum absolute atomic E-state index is 0.0488. The van der Waals surface area contributed by atoms with Crippen molar-refractivity contribution < 1.29 is 27.9 Å². The van der Waals surface area contributed by atoms with E-state index < -0.39 is 24.5 Å². The number of aliphatic hydroxyl groups is 1. The lowest BCUT2D eigenvalue weighted by molar-refractivity contribution is -0.134. The summed E-state index contributed by atoms with van der Waals surface area (Å²) in [5.74, 6) is -0.665. The molecule has 1 unspecified atom stereocenters. The molecule has 2 aromatic rings. The van der Waals surface area contributed by atoms with Gasteiger partial charge in [-0.05, 0) is 43.9 Å². The van der Waals surface area contributed by atoms with Crippen LogP contribution in [0.4, 0.5) is 13.2 Å². The maximum absolute atomic E-state index is 13.0. The maximum Gasteiger partial charge on any atom is 0.389 e. The van der Waals surface area contributed by atoms with Crippen molar-refractivity contribution in [1.29, 1.82) is 0 Å². The summed E-state index contributed by atoms with van der Waals surface area (Å²) in [5, 5.41) is 11.5. The third-order valence-electron chi connectivity index (χ3n) is 5.51. The van der Waals surface area contributed by atoms with Crippen LogP contribution < -0.4 is 5.32 Å². The lowest BCUT2D eigenvalue weighted by atomic mass is 10.0. The Morgan fingerprint density at radius 3 is 2.75 bits per heavy atom. The van der Waals surface area contributed by atoms with Gasteiger partial charge in [-0.2, -0.15) is 13.2 Å². The van der Waals surface area contributed by atoms with E-state index in [9.17, 15) is 22.8 Å². The van der Waals surface area contributed by atoms with E-state index in [-0.39, 0.29) is 31.2 Å². The second-order valence-electron chi connectivity index (χ2n) is 7.78. The highest BCUT2D eigenvalue weighted by Crippen LogP contribution is 2.33. The summed E-state index contributed by atoms with van der Waals surface area (Å²) in [6.45, 7) is 3.94. The number of amides is 2. The SMILES string of the molecule is Cc1cc(C(C)N2Cc3c(ccnc3C(=O)NCCCO)C2=O)cnc1CCC(F)(F)F. The Morgan fingerprint density at radius 2 is 2.09 bits per heavy atom. The molecule has 0 saturated heterocycles. The first-order chi connectivity index (χ1) is 15.1. The molecule has 0 spiro atoms. The van der Waals surface area contributed by atoms with Crippen molar-refractivity contribution in [3.05, 3.63) is 58.2 Å². The molecule has 32 heavy (non-hydrogen) atoms. The summed E-state index contributed by atoms with van der Waals surface area (Å²) in [6.07, 6.45) is -2.06. The van der Waals surface area contributed by atoms with Crippen LogP contribution in [0.25, 0.3) is 0 Å². The monoisotopic (exact) mass is 450 g/mol. The molecular weight excluding hydrogens is 425 g/mol. The Morgan fingerprint density at radius 1 is 1.34 bits per heavy atom. The van der Waals surface area contributed by atoms with Gasteiger partial charge in [-0.1, -0.05) is 6.07 Å². The number of carbonyl (C=O) groups excluding carboxylic acids is 2. The van der Waals surface area contributed by atoms with E-state index in [1.807, 2.05) is 6.92 Å². The Kier molecular flexibility index (Phi) is 7.12. The molecule has 1 aliphatic rings. The number of alkyl halides is 3. The zero-order chi connectivity index (χ0) is 23.5. The second kappa shape index (κ2) is 9.64.